The van der Waals surface area contributed by atoms with E-state index in [1.54, 1.807) is 12.7 Å². The normalized spacial score (nSPS) is 43.7. The highest BCUT2D eigenvalue weighted by molar-refractivity contribution is 5.91. The van der Waals surface area contributed by atoms with Gasteiger partial charge in [-0.1, -0.05) is 13.0 Å². The second-order valence-corrected chi connectivity index (χ2v) is 8.65. The first-order valence-electron chi connectivity index (χ1n) is 9.30. The predicted molar refractivity (Wildman–Crippen MR) is 89.7 cm³/mol. The van der Waals surface area contributed by atoms with Gasteiger partial charge in [-0.2, -0.15) is 0 Å². The Hall–Kier alpha value is -1.31. The summed E-state index contributed by atoms with van der Waals surface area (Å²) in [7, 11) is 1.75. The van der Waals surface area contributed by atoms with Gasteiger partial charge in [0.05, 0.1) is 7.11 Å². The van der Waals surface area contributed by atoms with Gasteiger partial charge in [-0.05, 0) is 85.5 Å². The summed E-state index contributed by atoms with van der Waals surface area (Å²) in [4.78, 5) is 12.9. The molecule has 0 amide bonds. The fourth-order valence-corrected chi connectivity index (χ4v) is 7.09. The highest BCUT2D eigenvalue weighted by Crippen LogP contribution is 2.73. The van der Waals surface area contributed by atoms with Gasteiger partial charge in [0.2, 0.25) is 0 Å². The summed E-state index contributed by atoms with van der Waals surface area (Å²) >= 11 is 0. The average Bonchev–Trinajstić information content (AvgIpc) is 3.11. The summed E-state index contributed by atoms with van der Waals surface area (Å²) in [6, 6.07) is 6.69. The van der Waals surface area contributed by atoms with Crippen LogP contribution in [-0.4, -0.2) is 12.9 Å². The van der Waals surface area contributed by atoms with Crippen molar-refractivity contribution < 1.29 is 9.53 Å². The number of hydrogen-bond donors (Lipinski definition) is 0. The summed E-state index contributed by atoms with van der Waals surface area (Å²) in [6.45, 7) is 2.31. The van der Waals surface area contributed by atoms with E-state index in [1.165, 1.54) is 31.2 Å². The highest BCUT2D eigenvalue weighted by atomic mass is 16.5. The molecule has 4 aliphatic carbocycles. The quantitative estimate of drug-likeness (QED) is 0.763. The molecule has 122 valence electrons. The maximum Gasteiger partial charge on any atom is 0.142 e. The Balaban J connectivity index is 1.59. The van der Waals surface area contributed by atoms with E-state index in [2.05, 4.69) is 25.1 Å². The minimum atomic E-state index is -0.0128. The number of ketones is 1. The summed E-state index contributed by atoms with van der Waals surface area (Å²) in [5.41, 5.74) is 3.35. The molecule has 2 heteroatoms. The number of ether oxygens (including phenoxy) is 1. The molecule has 0 aliphatic heterocycles. The first-order valence-corrected chi connectivity index (χ1v) is 9.30. The van der Waals surface area contributed by atoms with Gasteiger partial charge < -0.3 is 4.74 Å². The Labute approximate surface area is 138 Å². The van der Waals surface area contributed by atoms with Crippen molar-refractivity contribution in [2.24, 2.45) is 22.7 Å². The largest absolute Gasteiger partial charge is 0.497 e. The van der Waals surface area contributed by atoms with Crippen molar-refractivity contribution in [2.75, 3.05) is 7.11 Å². The van der Waals surface area contributed by atoms with Crippen LogP contribution in [0, 0.1) is 22.7 Å². The summed E-state index contributed by atoms with van der Waals surface area (Å²) in [5, 5.41) is 0. The number of carbonyl (C=O) groups is 1. The zero-order chi connectivity index (χ0) is 15.8. The van der Waals surface area contributed by atoms with E-state index < -0.39 is 0 Å². The molecule has 3 fully saturated rings. The van der Waals surface area contributed by atoms with Crippen molar-refractivity contribution in [1.82, 2.24) is 0 Å². The molecule has 2 bridgehead atoms. The van der Waals surface area contributed by atoms with Gasteiger partial charge in [0.25, 0.3) is 0 Å². The van der Waals surface area contributed by atoms with Crippen LogP contribution in [0.5, 0.6) is 5.75 Å². The minimum absolute atomic E-state index is 0.0128. The summed E-state index contributed by atoms with van der Waals surface area (Å²) < 4.78 is 5.42. The van der Waals surface area contributed by atoms with Crippen LogP contribution in [0.4, 0.5) is 0 Å². The third kappa shape index (κ3) is 1.53. The maximum absolute atomic E-state index is 12.9. The second kappa shape index (κ2) is 4.40. The van der Waals surface area contributed by atoms with Gasteiger partial charge in [0.15, 0.2) is 0 Å². The third-order valence-electron chi connectivity index (χ3n) is 8.19. The number of Topliss-reactive ketones (excluding diaryl/α,β-unsaturated/α-hetero) is 1. The van der Waals surface area contributed by atoms with Crippen LogP contribution in [0.25, 0.3) is 0 Å². The molecule has 5 rings (SSSR count). The van der Waals surface area contributed by atoms with E-state index >= 15 is 0 Å². The van der Waals surface area contributed by atoms with Crippen LogP contribution in [0.2, 0.25) is 0 Å². The van der Waals surface area contributed by atoms with E-state index in [1.807, 2.05) is 0 Å². The smallest absolute Gasteiger partial charge is 0.142 e. The van der Waals surface area contributed by atoms with Crippen molar-refractivity contribution in [1.29, 1.82) is 0 Å². The van der Waals surface area contributed by atoms with E-state index in [0.717, 1.165) is 30.9 Å². The van der Waals surface area contributed by atoms with Gasteiger partial charge in [0, 0.05) is 11.3 Å². The standard InChI is InChI=1S/C21H26O2/c1-20-9-8-17-16-5-4-15(23-2)11-13(16)3-6-18(17)21(20)10-7-14(12-21)19(20)22/h4-5,11,14,17-18H,3,6-10,12H2,1-2H3/t14-,17+,18+,20+,21+/m0/s1. The van der Waals surface area contributed by atoms with Crippen molar-refractivity contribution in [3.8, 4) is 5.75 Å². The third-order valence-corrected chi connectivity index (χ3v) is 8.19. The van der Waals surface area contributed by atoms with Gasteiger partial charge in [-0.3, -0.25) is 4.79 Å². The lowest BCUT2D eigenvalue weighted by Gasteiger charge is -2.57. The topological polar surface area (TPSA) is 26.3 Å². The zero-order valence-electron chi connectivity index (χ0n) is 14.2. The molecular weight excluding hydrogens is 284 g/mol. The molecule has 4 aliphatic rings. The van der Waals surface area contributed by atoms with E-state index in [4.69, 9.17) is 4.74 Å². The fraction of sp³-hybridized carbons (Fsp3) is 0.667. The van der Waals surface area contributed by atoms with E-state index in [-0.39, 0.29) is 5.41 Å². The Morgan fingerprint density at radius 1 is 1.17 bits per heavy atom. The molecule has 3 saturated carbocycles. The maximum atomic E-state index is 12.9. The Bertz CT molecular complexity index is 693. The van der Waals surface area contributed by atoms with Crippen LogP contribution < -0.4 is 4.74 Å². The predicted octanol–water partition coefficient (Wildman–Crippen LogP) is 4.51. The number of hydrogen-bond acceptors (Lipinski definition) is 2. The van der Waals surface area contributed by atoms with Gasteiger partial charge in [-0.15, -0.1) is 0 Å². The number of methoxy groups -OCH3 is 1. The lowest BCUT2D eigenvalue weighted by molar-refractivity contribution is -0.142. The number of benzene rings is 1. The first-order chi connectivity index (χ1) is 11.1. The molecule has 23 heavy (non-hydrogen) atoms. The van der Waals surface area contributed by atoms with Crippen molar-refractivity contribution in [3.05, 3.63) is 29.3 Å². The molecule has 0 saturated heterocycles. The number of aryl methyl sites for hydroxylation is 1. The molecule has 0 N–H and O–H groups in total. The first kappa shape index (κ1) is 14.1. The fourth-order valence-electron chi connectivity index (χ4n) is 7.09. The zero-order valence-corrected chi connectivity index (χ0v) is 14.2. The van der Waals surface area contributed by atoms with Crippen molar-refractivity contribution >= 4 is 5.78 Å². The molecule has 0 radical (unpaired) electrons. The van der Waals surface area contributed by atoms with Crippen LogP contribution in [0.3, 0.4) is 0 Å². The monoisotopic (exact) mass is 310 g/mol. The number of carbonyl (C=O) groups excluding carboxylic acids is 1. The molecule has 1 spiro atoms. The highest BCUT2D eigenvalue weighted by Gasteiger charge is 2.69. The second-order valence-electron chi connectivity index (χ2n) is 8.65. The molecule has 1 aromatic rings. The average molecular weight is 310 g/mol. The lowest BCUT2D eigenvalue weighted by atomic mass is 9.46. The molecule has 2 nitrogen and oxygen atoms in total. The number of rotatable bonds is 1. The molecule has 0 aromatic heterocycles. The van der Waals surface area contributed by atoms with Crippen LogP contribution in [0.15, 0.2) is 18.2 Å². The molecule has 0 unspecified atom stereocenters. The number of fused-ring (bicyclic) bond motifs is 4. The van der Waals surface area contributed by atoms with Gasteiger partial charge in [-0.25, -0.2) is 0 Å². The Morgan fingerprint density at radius 3 is 2.87 bits per heavy atom. The minimum Gasteiger partial charge on any atom is -0.497 e. The van der Waals surface area contributed by atoms with Crippen molar-refractivity contribution in [2.45, 2.75) is 57.8 Å². The van der Waals surface area contributed by atoms with Gasteiger partial charge in [0.1, 0.15) is 11.5 Å². The van der Waals surface area contributed by atoms with Crippen LogP contribution >= 0.6 is 0 Å². The summed E-state index contributed by atoms with van der Waals surface area (Å²) in [5.74, 6) is 3.37. The van der Waals surface area contributed by atoms with Gasteiger partial charge >= 0.3 is 0 Å². The molecule has 0 heterocycles. The van der Waals surface area contributed by atoms with Crippen LogP contribution in [0.1, 0.15) is 62.5 Å². The molecule has 5 atom stereocenters. The lowest BCUT2D eigenvalue weighted by Crippen LogP contribution is -2.52. The van der Waals surface area contributed by atoms with E-state index in [9.17, 15) is 4.79 Å². The summed E-state index contributed by atoms with van der Waals surface area (Å²) in [6.07, 6.45) is 8.37. The Kier molecular flexibility index (Phi) is 2.69. The molecular formula is C21H26O2. The SMILES string of the molecule is COc1ccc2c(c1)CC[C@@H]1[C@@H]2CC[C@]2(C)C(=O)[C@H]3CC[C@@]12C3. The molecule has 1 aromatic carbocycles. The Morgan fingerprint density at radius 2 is 2.04 bits per heavy atom. The van der Waals surface area contributed by atoms with Crippen LogP contribution in [-0.2, 0) is 11.2 Å². The van der Waals surface area contributed by atoms with E-state index in [0.29, 0.717) is 23.0 Å². The van der Waals surface area contributed by atoms with Crippen molar-refractivity contribution in [3.63, 3.8) is 0 Å².